The quantitative estimate of drug-likeness (QED) is 0.332. The molecular formula is C28H30Cl2FN3O4S. The molecule has 3 rings (SSSR count). The highest BCUT2D eigenvalue weighted by atomic mass is 35.5. The van der Waals surface area contributed by atoms with Crippen LogP contribution in [0, 0.1) is 12.7 Å². The lowest BCUT2D eigenvalue weighted by molar-refractivity contribution is -0.139. The van der Waals surface area contributed by atoms with E-state index in [1.807, 2.05) is 6.92 Å². The number of carbonyl (C=O) groups is 2. The lowest BCUT2D eigenvalue weighted by Gasteiger charge is -2.32. The number of hydrogen-bond acceptors (Lipinski definition) is 4. The summed E-state index contributed by atoms with van der Waals surface area (Å²) < 4.78 is 42.1. The van der Waals surface area contributed by atoms with Crippen LogP contribution in [0.25, 0.3) is 0 Å². The Balaban J connectivity index is 2.05. The first kappa shape index (κ1) is 30.4. The van der Waals surface area contributed by atoms with Crippen molar-refractivity contribution >= 4 is 50.7 Å². The van der Waals surface area contributed by atoms with E-state index in [9.17, 15) is 22.4 Å². The van der Waals surface area contributed by atoms with Crippen LogP contribution in [0.1, 0.15) is 31.9 Å². The topological polar surface area (TPSA) is 86.8 Å². The molecule has 0 saturated carbocycles. The lowest BCUT2D eigenvalue weighted by Crippen LogP contribution is -2.52. The van der Waals surface area contributed by atoms with Crippen molar-refractivity contribution in [1.29, 1.82) is 0 Å². The van der Waals surface area contributed by atoms with Gasteiger partial charge >= 0.3 is 0 Å². The van der Waals surface area contributed by atoms with E-state index in [4.69, 9.17) is 23.2 Å². The summed E-state index contributed by atoms with van der Waals surface area (Å²) in [5, 5.41) is 3.10. The molecule has 1 atom stereocenters. The van der Waals surface area contributed by atoms with Crippen LogP contribution in [0.15, 0.2) is 71.6 Å². The average molecular weight is 595 g/mol. The smallest absolute Gasteiger partial charge is 0.264 e. The number of hydrogen-bond donors (Lipinski definition) is 1. The van der Waals surface area contributed by atoms with E-state index in [2.05, 4.69) is 5.32 Å². The van der Waals surface area contributed by atoms with Crippen LogP contribution in [-0.2, 0) is 26.2 Å². The van der Waals surface area contributed by atoms with Crippen LogP contribution in [0.4, 0.5) is 10.1 Å². The number of sulfonamides is 1. The van der Waals surface area contributed by atoms with Crippen molar-refractivity contribution in [1.82, 2.24) is 10.2 Å². The number of halogens is 3. The largest absolute Gasteiger partial charge is 0.352 e. The third-order valence-corrected chi connectivity index (χ3v) is 8.47. The van der Waals surface area contributed by atoms with Gasteiger partial charge in [0.2, 0.25) is 11.8 Å². The fraction of sp³-hybridized carbons (Fsp3) is 0.286. The molecule has 0 fully saturated rings. The first-order valence-electron chi connectivity index (χ1n) is 12.2. The van der Waals surface area contributed by atoms with Gasteiger partial charge in [-0.25, -0.2) is 12.8 Å². The number of rotatable bonds is 10. The van der Waals surface area contributed by atoms with Crippen molar-refractivity contribution in [3.63, 3.8) is 0 Å². The molecule has 1 N–H and O–H groups in total. The van der Waals surface area contributed by atoms with Crippen LogP contribution in [0.5, 0.6) is 0 Å². The van der Waals surface area contributed by atoms with E-state index in [-0.39, 0.29) is 33.2 Å². The molecule has 11 heteroatoms. The predicted molar refractivity (Wildman–Crippen MR) is 152 cm³/mol. The summed E-state index contributed by atoms with van der Waals surface area (Å²) in [4.78, 5) is 28.0. The Morgan fingerprint density at radius 1 is 0.923 bits per heavy atom. The summed E-state index contributed by atoms with van der Waals surface area (Å²) in [7, 11) is -4.24. The Morgan fingerprint density at radius 3 is 2.10 bits per heavy atom. The van der Waals surface area contributed by atoms with Gasteiger partial charge in [0.1, 0.15) is 18.4 Å². The number of aryl methyl sites for hydroxylation is 1. The third-order valence-electron chi connectivity index (χ3n) is 5.94. The maximum absolute atomic E-state index is 13.8. The highest BCUT2D eigenvalue weighted by Crippen LogP contribution is 2.31. The van der Waals surface area contributed by atoms with Crippen molar-refractivity contribution in [3.8, 4) is 0 Å². The average Bonchev–Trinajstić information content (AvgIpc) is 2.88. The Labute approximate surface area is 238 Å². The minimum absolute atomic E-state index is 0.0253. The van der Waals surface area contributed by atoms with Gasteiger partial charge in [-0.2, -0.15) is 0 Å². The second kappa shape index (κ2) is 12.8. The molecule has 3 aromatic carbocycles. The molecule has 3 aromatic rings. The summed E-state index contributed by atoms with van der Waals surface area (Å²) in [6, 6.07) is 14.8. The Hall–Kier alpha value is -3.14. The summed E-state index contributed by atoms with van der Waals surface area (Å²) in [6.45, 7) is 6.28. The molecule has 0 aliphatic carbocycles. The van der Waals surface area contributed by atoms with Gasteiger partial charge in [-0.3, -0.25) is 13.9 Å². The Bertz CT molecular complexity index is 1430. The molecular weight excluding hydrogens is 564 g/mol. The summed E-state index contributed by atoms with van der Waals surface area (Å²) in [5.41, 5.74) is 1.55. The summed E-state index contributed by atoms with van der Waals surface area (Å²) in [5.74, 6) is -1.51. The van der Waals surface area contributed by atoms with Crippen LogP contribution >= 0.6 is 23.2 Å². The van der Waals surface area contributed by atoms with Gasteiger partial charge < -0.3 is 10.2 Å². The second-order valence-electron chi connectivity index (χ2n) is 9.41. The van der Waals surface area contributed by atoms with Crippen molar-refractivity contribution in [3.05, 3.63) is 93.7 Å². The fourth-order valence-electron chi connectivity index (χ4n) is 3.78. The van der Waals surface area contributed by atoms with E-state index in [0.717, 1.165) is 9.87 Å². The molecule has 0 aliphatic rings. The van der Waals surface area contributed by atoms with E-state index in [1.54, 1.807) is 32.9 Å². The van der Waals surface area contributed by atoms with Crippen molar-refractivity contribution in [2.45, 2.75) is 51.2 Å². The lowest BCUT2D eigenvalue weighted by atomic mass is 10.1. The third kappa shape index (κ3) is 7.71. The zero-order chi connectivity index (χ0) is 28.9. The molecule has 0 bridgehead atoms. The summed E-state index contributed by atoms with van der Waals surface area (Å²) in [6.07, 6.45) is 0. The van der Waals surface area contributed by atoms with Gasteiger partial charge in [0.05, 0.1) is 20.6 Å². The first-order chi connectivity index (χ1) is 18.3. The number of amides is 2. The normalized spacial score (nSPS) is 12.2. The Morgan fingerprint density at radius 2 is 1.54 bits per heavy atom. The Kier molecular flexibility index (Phi) is 9.98. The van der Waals surface area contributed by atoms with Crippen LogP contribution in [0.3, 0.4) is 0 Å². The van der Waals surface area contributed by atoms with E-state index in [1.165, 1.54) is 59.5 Å². The standard InChI is InChI=1S/C28H30Cl2FN3O4S/c1-18(2)32-28(36)20(4)33(16-21-7-9-22(31)10-8-21)27(35)17-34(23-11-14-25(29)26(30)15-23)39(37,38)24-12-5-19(3)6-13-24/h5-15,18,20H,16-17H2,1-4H3,(H,32,36). The van der Waals surface area contributed by atoms with Crippen molar-refractivity contribution in [2.75, 3.05) is 10.8 Å². The van der Waals surface area contributed by atoms with Gasteiger partial charge in [0.15, 0.2) is 0 Å². The summed E-state index contributed by atoms with van der Waals surface area (Å²) >= 11 is 12.3. The van der Waals surface area contributed by atoms with Crippen LogP contribution in [-0.4, -0.2) is 43.8 Å². The predicted octanol–water partition coefficient (Wildman–Crippen LogP) is 5.58. The van der Waals surface area contributed by atoms with Gasteiger partial charge in [0.25, 0.3) is 10.0 Å². The van der Waals surface area contributed by atoms with Gasteiger partial charge in [0, 0.05) is 12.6 Å². The van der Waals surface area contributed by atoms with E-state index in [0.29, 0.717) is 5.56 Å². The maximum Gasteiger partial charge on any atom is 0.264 e. The number of nitrogens with zero attached hydrogens (tertiary/aromatic N) is 2. The fourth-order valence-corrected chi connectivity index (χ4v) is 5.48. The van der Waals surface area contributed by atoms with E-state index < -0.39 is 40.2 Å². The number of nitrogens with one attached hydrogen (secondary N) is 1. The van der Waals surface area contributed by atoms with Gasteiger partial charge in [-0.05, 0) is 75.7 Å². The van der Waals surface area contributed by atoms with Gasteiger partial charge in [-0.1, -0.05) is 53.0 Å². The first-order valence-corrected chi connectivity index (χ1v) is 14.4. The molecule has 0 radical (unpaired) electrons. The maximum atomic E-state index is 13.8. The second-order valence-corrected chi connectivity index (χ2v) is 12.1. The van der Waals surface area contributed by atoms with Crippen LogP contribution < -0.4 is 9.62 Å². The molecule has 7 nitrogen and oxygen atoms in total. The molecule has 0 aliphatic heterocycles. The molecule has 0 heterocycles. The van der Waals surface area contributed by atoms with Crippen LogP contribution in [0.2, 0.25) is 10.0 Å². The highest BCUT2D eigenvalue weighted by molar-refractivity contribution is 7.92. The van der Waals surface area contributed by atoms with E-state index >= 15 is 0 Å². The SMILES string of the molecule is Cc1ccc(S(=O)(=O)N(CC(=O)N(Cc2ccc(F)cc2)C(C)C(=O)NC(C)C)c2ccc(Cl)c(Cl)c2)cc1. The molecule has 0 aromatic heterocycles. The molecule has 39 heavy (non-hydrogen) atoms. The highest BCUT2D eigenvalue weighted by Gasteiger charge is 2.33. The van der Waals surface area contributed by atoms with Gasteiger partial charge in [-0.15, -0.1) is 0 Å². The molecule has 1 unspecified atom stereocenters. The number of anilines is 1. The zero-order valence-electron chi connectivity index (χ0n) is 22.0. The number of carbonyl (C=O) groups excluding carboxylic acids is 2. The minimum atomic E-state index is -4.24. The molecule has 0 saturated heterocycles. The molecule has 0 spiro atoms. The molecule has 208 valence electrons. The number of benzene rings is 3. The molecule has 2 amide bonds. The van der Waals surface area contributed by atoms with Crippen molar-refractivity contribution < 1.29 is 22.4 Å². The zero-order valence-corrected chi connectivity index (χ0v) is 24.3. The van der Waals surface area contributed by atoms with Crippen molar-refractivity contribution in [2.24, 2.45) is 0 Å². The monoisotopic (exact) mass is 593 g/mol. The minimum Gasteiger partial charge on any atom is -0.352 e.